The van der Waals surface area contributed by atoms with Gasteiger partial charge in [0, 0.05) is 26.2 Å². The molecule has 3 nitrogen and oxygen atoms in total. The first-order valence-corrected chi connectivity index (χ1v) is 5.69. The van der Waals surface area contributed by atoms with Gasteiger partial charge in [-0.3, -0.25) is 0 Å². The van der Waals surface area contributed by atoms with Crippen molar-refractivity contribution in [3.8, 4) is 5.75 Å². The molecule has 0 heterocycles. The second-order valence-corrected chi connectivity index (χ2v) is 3.98. The van der Waals surface area contributed by atoms with Crippen LogP contribution in [0.4, 0.5) is 0 Å². The zero-order chi connectivity index (χ0) is 11.8. The molecule has 90 valence electrons. The van der Waals surface area contributed by atoms with Gasteiger partial charge in [0.05, 0.1) is 6.61 Å². The standard InChI is InChI=1S/C13H21NO2/c1-11(14)10-12-6-3-4-7-13(12)16-9-5-8-15-2/h3-4,6-7,11H,5,8-10,14H2,1-2H3. The number of nitrogens with two attached hydrogens (primary N) is 1. The van der Waals surface area contributed by atoms with Crippen molar-refractivity contribution < 1.29 is 9.47 Å². The molecule has 0 saturated carbocycles. The summed E-state index contributed by atoms with van der Waals surface area (Å²) in [6.45, 7) is 3.42. The van der Waals surface area contributed by atoms with Gasteiger partial charge in [0.1, 0.15) is 5.75 Å². The molecule has 0 aliphatic carbocycles. The summed E-state index contributed by atoms with van der Waals surface area (Å²) in [5, 5.41) is 0. The molecule has 1 aromatic rings. The zero-order valence-electron chi connectivity index (χ0n) is 10.1. The summed E-state index contributed by atoms with van der Waals surface area (Å²) in [6.07, 6.45) is 1.75. The molecule has 16 heavy (non-hydrogen) atoms. The van der Waals surface area contributed by atoms with Crippen LogP contribution in [0.25, 0.3) is 0 Å². The van der Waals surface area contributed by atoms with Gasteiger partial charge in [0.15, 0.2) is 0 Å². The summed E-state index contributed by atoms with van der Waals surface area (Å²) >= 11 is 0. The fourth-order valence-corrected chi connectivity index (χ4v) is 1.55. The van der Waals surface area contributed by atoms with Crippen molar-refractivity contribution in [2.45, 2.75) is 25.8 Å². The highest BCUT2D eigenvalue weighted by atomic mass is 16.5. The maximum Gasteiger partial charge on any atom is 0.122 e. The van der Waals surface area contributed by atoms with Crippen LogP contribution < -0.4 is 10.5 Å². The fraction of sp³-hybridized carbons (Fsp3) is 0.538. The summed E-state index contributed by atoms with van der Waals surface area (Å²) in [6, 6.07) is 8.21. The lowest BCUT2D eigenvalue weighted by Crippen LogP contribution is -2.18. The minimum Gasteiger partial charge on any atom is -0.493 e. The molecule has 1 rings (SSSR count). The minimum atomic E-state index is 0.156. The molecule has 0 saturated heterocycles. The van der Waals surface area contributed by atoms with Crippen molar-refractivity contribution >= 4 is 0 Å². The molecule has 1 atom stereocenters. The van der Waals surface area contributed by atoms with Crippen LogP contribution in [-0.2, 0) is 11.2 Å². The molecule has 0 aromatic heterocycles. The van der Waals surface area contributed by atoms with E-state index < -0.39 is 0 Å². The number of benzene rings is 1. The Morgan fingerprint density at radius 3 is 2.69 bits per heavy atom. The first-order chi connectivity index (χ1) is 7.74. The maximum absolute atomic E-state index is 5.79. The third kappa shape index (κ3) is 4.64. The van der Waals surface area contributed by atoms with Gasteiger partial charge in [-0.15, -0.1) is 0 Å². The lowest BCUT2D eigenvalue weighted by molar-refractivity contribution is 0.172. The molecular formula is C13H21NO2. The lowest BCUT2D eigenvalue weighted by Gasteiger charge is -2.12. The van der Waals surface area contributed by atoms with Crippen LogP contribution in [0.15, 0.2) is 24.3 Å². The van der Waals surface area contributed by atoms with Crippen LogP contribution in [0.2, 0.25) is 0 Å². The summed E-state index contributed by atoms with van der Waals surface area (Å²) in [5.41, 5.74) is 6.97. The molecule has 0 spiro atoms. The van der Waals surface area contributed by atoms with Gasteiger partial charge in [0.25, 0.3) is 0 Å². The predicted octanol–water partition coefficient (Wildman–Crippen LogP) is 1.99. The topological polar surface area (TPSA) is 44.5 Å². The van der Waals surface area contributed by atoms with E-state index in [0.29, 0.717) is 6.61 Å². The van der Waals surface area contributed by atoms with E-state index in [-0.39, 0.29) is 6.04 Å². The molecular weight excluding hydrogens is 202 g/mol. The summed E-state index contributed by atoms with van der Waals surface area (Å²) in [4.78, 5) is 0. The molecule has 3 heteroatoms. The van der Waals surface area contributed by atoms with Crippen LogP contribution in [0.3, 0.4) is 0 Å². The van der Waals surface area contributed by atoms with Gasteiger partial charge in [-0.2, -0.15) is 0 Å². The van der Waals surface area contributed by atoms with Gasteiger partial charge in [-0.25, -0.2) is 0 Å². The van der Waals surface area contributed by atoms with E-state index >= 15 is 0 Å². The van der Waals surface area contributed by atoms with E-state index in [9.17, 15) is 0 Å². The highest BCUT2D eigenvalue weighted by Crippen LogP contribution is 2.19. The van der Waals surface area contributed by atoms with E-state index in [1.165, 1.54) is 5.56 Å². The Hall–Kier alpha value is -1.06. The average molecular weight is 223 g/mol. The molecule has 1 unspecified atom stereocenters. The zero-order valence-corrected chi connectivity index (χ0v) is 10.1. The Morgan fingerprint density at radius 2 is 2.00 bits per heavy atom. The van der Waals surface area contributed by atoms with Crippen molar-refractivity contribution in [2.24, 2.45) is 5.73 Å². The Labute approximate surface area is 97.6 Å². The first kappa shape index (κ1) is 13.0. The molecule has 2 N–H and O–H groups in total. The van der Waals surface area contributed by atoms with Crippen molar-refractivity contribution in [2.75, 3.05) is 20.3 Å². The highest BCUT2D eigenvalue weighted by Gasteiger charge is 2.04. The summed E-state index contributed by atoms with van der Waals surface area (Å²) < 4.78 is 10.7. The highest BCUT2D eigenvalue weighted by molar-refractivity contribution is 5.33. The Morgan fingerprint density at radius 1 is 1.25 bits per heavy atom. The second kappa shape index (κ2) is 7.25. The molecule has 0 amide bonds. The van der Waals surface area contributed by atoms with Crippen molar-refractivity contribution in [1.82, 2.24) is 0 Å². The Balaban J connectivity index is 2.50. The van der Waals surface area contributed by atoms with E-state index in [4.69, 9.17) is 15.2 Å². The second-order valence-electron chi connectivity index (χ2n) is 3.98. The van der Waals surface area contributed by atoms with Crippen molar-refractivity contribution in [3.63, 3.8) is 0 Å². The number of methoxy groups -OCH3 is 1. The quantitative estimate of drug-likeness (QED) is 0.719. The number of rotatable bonds is 7. The van der Waals surface area contributed by atoms with E-state index in [2.05, 4.69) is 6.07 Å². The SMILES string of the molecule is COCCCOc1ccccc1CC(C)N. The van der Waals surface area contributed by atoms with E-state index in [1.54, 1.807) is 7.11 Å². The maximum atomic E-state index is 5.79. The van der Waals surface area contributed by atoms with Crippen LogP contribution >= 0.6 is 0 Å². The predicted molar refractivity (Wildman–Crippen MR) is 65.8 cm³/mol. The molecule has 0 bridgehead atoms. The average Bonchev–Trinajstić information content (AvgIpc) is 2.26. The molecule has 1 aromatic carbocycles. The minimum absolute atomic E-state index is 0.156. The summed E-state index contributed by atoms with van der Waals surface area (Å²) in [7, 11) is 1.70. The van der Waals surface area contributed by atoms with E-state index in [0.717, 1.165) is 25.2 Å². The summed E-state index contributed by atoms with van der Waals surface area (Å²) in [5.74, 6) is 0.941. The monoisotopic (exact) mass is 223 g/mol. The number of ether oxygens (including phenoxy) is 2. The van der Waals surface area contributed by atoms with Crippen LogP contribution in [0, 0.1) is 0 Å². The normalized spacial score (nSPS) is 12.4. The molecule has 0 aliphatic heterocycles. The Kier molecular flexibility index (Phi) is 5.90. The van der Waals surface area contributed by atoms with Gasteiger partial charge < -0.3 is 15.2 Å². The van der Waals surface area contributed by atoms with Gasteiger partial charge in [-0.05, 0) is 25.0 Å². The Bertz CT molecular complexity index is 300. The van der Waals surface area contributed by atoms with Crippen LogP contribution in [0.1, 0.15) is 18.9 Å². The molecule has 0 radical (unpaired) electrons. The van der Waals surface area contributed by atoms with Crippen molar-refractivity contribution in [3.05, 3.63) is 29.8 Å². The largest absolute Gasteiger partial charge is 0.493 e. The lowest BCUT2D eigenvalue weighted by atomic mass is 10.1. The number of hydrogen-bond donors (Lipinski definition) is 1. The van der Waals surface area contributed by atoms with Crippen LogP contribution in [0.5, 0.6) is 5.75 Å². The third-order valence-corrected chi connectivity index (χ3v) is 2.26. The van der Waals surface area contributed by atoms with Gasteiger partial charge in [-0.1, -0.05) is 18.2 Å². The number of para-hydroxylation sites is 1. The van der Waals surface area contributed by atoms with Gasteiger partial charge in [0.2, 0.25) is 0 Å². The smallest absolute Gasteiger partial charge is 0.122 e. The molecule has 0 fully saturated rings. The van der Waals surface area contributed by atoms with Gasteiger partial charge >= 0.3 is 0 Å². The van der Waals surface area contributed by atoms with Crippen LogP contribution in [-0.4, -0.2) is 26.4 Å². The first-order valence-electron chi connectivity index (χ1n) is 5.69. The molecule has 0 aliphatic rings. The van der Waals surface area contributed by atoms with Crippen molar-refractivity contribution in [1.29, 1.82) is 0 Å². The van der Waals surface area contributed by atoms with E-state index in [1.807, 2.05) is 25.1 Å². The number of hydrogen-bond acceptors (Lipinski definition) is 3. The fourth-order valence-electron chi connectivity index (χ4n) is 1.55. The third-order valence-electron chi connectivity index (χ3n) is 2.26.